The zero-order chi connectivity index (χ0) is 11.5. The Bertz CT molecular complexity index is 113. The topological polar surface area (TPSA) is 0 Å². The van der Waals surface area contributed by atoms with E-state index in [9.17, 15) is 0 Å². The highest BCUT2D eigenvalue weighted by molar-refractivity contribution is 4.60. The summed E-state index contributed by atoms with van der Waals surface area (Å²) in [6, 6.07) is 0. The van der Waals surface area contributed by atoms with Crippen LogP contribution in [0.25, 0.3) is 0 Å². The first-order valence-corrected chi connectivity index (χ1v) is 7.24. The third-order valence-corrected chi connectivity index (χ3v) is 3.77. The molecule has 0 heterocycles. The van der Waals surface area contributed by atoms with Crippen molar-refractivity contribution in [3.63, 3.8) is 0 Å². The summed E-state index contributed by atoms with van der Waals surface area (Å²) in [6.45, 7) is 9.39. The van der Waals surface area contributed by atoms with Gasteiger partial charge in [0, 0.05) is 0 Å². The third-order valence-electron chi connectivity index (χ3n) is 3.77. The maximum Gasteiger partial charge on any atom is -0.0419 e. The van der Waals surface area contributed by atoms with Gasteiger partial charge in [0.2, 0.25) is 0 Å². The van der Waals surface area contributed by atoms with Gasteiger partial charge in [-0.1, -0.05) is 85.5 Å². The van der Waals surface area contributed by atoms with Gasteiger partial charge in [0.25, 0.3) is 0 Å². The molecular weight excluding hydrogens is 180 g/mol. The van der Waals surface area contributed by atoms with Crippen LogP contribution >= 0.6 is 0 Å². The van der Waals surface area contributed by atoms with Gasteiger partial charge in [-0.15, -0.1) is 0 Å². The fourth-order valence-electron chi connectivity index (χ4n) is 2.28. The minimum atomic E-state index is 0.961. The molecule has 92 valence electrons. The molecule has 0 aliphatic rings. The average molecular weight is 212 g/mol. The van der Waals surface area contributed by atoms with Crippen LogP contribution in [-0.2, 0) is 0 Å². The van der Waals surface area contributed by atoms with Gasteiger partial charge in [0.15, 0.2) is 0 Å². The fourth-order valence-corrected chi connectivity index (χ4v) is 2.28. The molecule has 0 aromatic heterocycles. The van der Waals surface area contributed by atoms with E-state index < -0.39 is 0 Å². The second-order valence-electron chi connectivity index (χ2n) is 5.21. The van der Waals surface area contributed by atoms with Gasteiger partial charge in [-0.2, -0.15) is 0 Å². The molecule has 0 aromatic carbocycles. The molecule has 0 N–H and O–H groups in total. The Kier molecular flexibility index (Phi) is 10.5. The summed E-state index contributed by atoms with van der Waals surface area (Å²) in [5.74, 6) is 1.95. The van der Waals surface area contributed by atoms with Crippen LogP contribution in [0.1, 0.15) is 85.5 Å². The highest BCUT2D eigenvalue weighted by atomic mass is 14.1. The molecule has 0 radical (unpaired) electrons. The first-order valence-electron chi connectivity index (χ1n) is 7.24. The Balaban J connectivity index is 3.35. The van der Waals surface area contributed by atoms with Gasteiger partial charge >= 0.3 is 0 Å². The van der Waals surface area contributed by atoms with Crippen molar-refractivity contribution in [3.05, 3.63) is 0 Å². The fraction of sp³-hybridized carbons (Fsp3) is 1.00. The SMILES string of the molecule is CCCCCCC(C)CCC(CC)CC. The molecule has 0 saturated heterocycles. The van der Waals surface area contributed by atoms with E-state index in [1.807, 2.05) is 0 Å². The van der Waals surface area contributed by atoms with Crippen molar-refractivity contribution in [1.82, 2.24) is 0 Å². The van der Waals surface area contributed by atoms with Crippen LogP contribution < -0.4 is 0 Å². The van der Waals surface area contributed by atoms with Crippen LogP contribution in [0, 0.1) is 11.8 Å². The Labute approximate surface area is 97.8 Å². The van der Waals surface area contributed by atoms with Crippen molar-refractivity contribution >= 4 is 0 Å². The Hall–Kier alpha value is 0. The lowest BCUT2D eigenvalue weighted by atomic mass is 9.90. The highest BCUT2D eigenvalue weighted by Crippen LogP contribution is 2.21. The van der Waals surface area contributed by atoms with Crippen molar-refractivity contribution < 1.29 is 0 Å². The molecule has 0 fully saturated rings. The van der Waals surface area contributed by atoms with Gasteiger partial charge < -0.3 is 0 Å². The second-order valence-corrected chi connectivity index (χ2v) is 5.21. The summed E-state index contributed by atoms with van der Waals surface area (Å²) in [5.41, 5.74) is 0. The lowest BCUT2D eigenvalue weighted by Crippen LogP contribution is -2.02. The highest BCUT2D eigenvalue weighted by Gasteiger charge is 2.07. The number of hydrogen-bond donors (Lipinski definition) is 0. The minimum Gasteiger partial charge on any atom is -0.0654 e. The molecule has 15 heavy (non-hydrogen) atoms. The summed E-state index contributed by atoms with van der Waals surface area (Å²) in [7, 11) is 0. The van der Waals surface area contributed by atoms with E-state index in [4.69, 9.17) is 0 Å². The Morgan fingerprint density at radius 2 is 1.40 bits per heavy atom. The molecule has 0 bridgehead atoms. The van der Waals surface area contributed by atoms with Crippen molar-refractivity contribution in [2.75, 3.05) is 0 Å². The van der Waals surface area contributed by atoms with Crippen LogP contribution in [0.5, 0.6) is 0 Å². The molecule has 0 aromatic rings. The predicted octanol–water partition coefficient (Wildman–Crippen LogP) is 5.81. The average Bonchev–Trinajstić information content (AvgIpc) is 2.26. The van der Waals surface area contributed by atoms with E-state index in [-0.39, 0.29) is 0 Å². The Morgan fingerprint density at radius 1 is 0.733 bits per heavy atom. The Morgan fingerprint density at radius 3 is 1.93 bits per heavy atom. The summed E-state index contributed by atoms with van der Waals surface area (Å²) in [6.07, 6.45) is 12.8. The largest absolute Gasteiger partial charge is 0.0654 e. The van der Waals surface area contributed by atoms with Crippen molar-refractivity contribution in [2.24, 2.45) is 11.8 Å². The zero-order valence-corrected chi connectivity index (χ0v) is 11.5. The van der Waals surface area contributed by atoms with Crippen LogP contribution in [0.15, 0.2) is 0 Å². The molecule has 0 rings (SSSR count). The maximum absolute atomic E-state index is 2.44. The summed E-state index contributed by atoms with van der Waals surface area (Å²) >= 11 is 0. The minimum absolute atomic E-state index is 0.961. The lowest BCUT2D eigenvalue weighted by molar-refractivity contribution is 0.371. The number of rotatable bonds is 10. The molecule has 0 spiro atoms. The maximum atomic E-state index is 2.44. The first kappa shape index (κ1) is 15.0. The molecule has 0 amide bonds. The van der Waals surface area contributed by atoms with Crippen LogP contribution in [0.2, 0.25) is 0 Å². The number of unbranched alkanes of at least 4 members (excludes halogenated alkanes) is 3. The summed E-state index contributed by atoms with van der Waals surface area (Å²) < 4.78 is 0. The molecule has 0 saturated carbocycles. The van der Waals surface area contributed by atoms with Gasteiger partial charge in [0.1, 0.15) is 0 Å². The third kappa shape index (κ3) is 8.96. The molecule has 0 aliphatic heterocycles. The van der Waals surface area contributed by atoms with E-state index in [1.54, 1.807) is 0 Å². The normalized spacial score (nSPS) is 13.4. The van der Waals surface area contributed by atoms with Crippen LogP contribution in [-0.4, -0.2) is 0 Å². The predicted molar refractivity (Wildman–Crippen MR) is 71.2 cm³/mol. The summed E-state index contributed by atoms with van der Waals surface area (Å²) in [4.78, 5) is 0. The van der Waals surface area contributed by atoms with E-state index >= 15 is 0 Å². The molecule has 0 nitrogen and oxygen atoms in total. The van der Waals surface area contributed by atoms with Gasteiger partial charge in [-0.25, -0.2) is 0 Å². The smallest absolute Gasteiger partial charge is 0.0419 e. The van der Waals surface area contributed by atoms with Crippen molar-refractivity contribution in [1.29, 1.82) is 0 Å². The second kappa shape index (κ2) is 10.5. The lowest BCUT2D eigenvalue weighted by Gasteiger charge is -2.16. The summed E-state index contributed by atoms with van der Waals surface area (Å²) in [5, 5.41) is 0. The van der Waals surface area contributed by atoms with Gasteiger partial charge in [-0.05, 0) is 11.8 Å². The first-order chi connectivity index (χ1) is 7.24. The van der Waals surface area contributed by atoms with Crippen molar-refractivity contribution in [3.8, 4) is 0 Å². The van der Waals surface area contributed by atoms with Crippen molar-refractivity contribution in [2.45, 2.75) is 85.5 Å². The van der Waals surface area contributed by atoms with Gasteiger partial charge in [-0.3, -0.25) is 0 Å². The quantitative estimate of drug-likeness (QED) is 0.401. The standard InChI is InChI=1S/C15H32/c1-5-8-9-10-11-14(4)12-13-15(6-2)7-3/h14-15H,5-13H2,1-4H3. The molecule has 1 atom stereocenters. The molecule has 1 unspecified atom stereocenters. The van der Waals surface area contributed by atoms with E-state index in [1.165, 1.54) is 57.8 Å². The zero-order valence-electron chi connectivity index (χ0n) is 11.5. The van der Waals surface area contributed by atoms with E-state index in [0.717, 1.165) is 11.8 Å². The van der Waals surface area contributed by atoms with E-state index in [0.29, 0.717) is 0 Å². The monoisotopic (exact) mass is 212 g/mol. The van der Waals surface area contributed by atoms with E-state index in [2.05, 4.69) is 27.7 Å². The molecular formula is C15H32. The number of hydrogen-bond acceptors (Lipinski definition) is 0. The van der Waals surface area contributed by atoms with Crippen LogP contribution in [0.4, 0.5) is 0 Å². The molecule has 0 heteroatoms. The molecule has 0 aliphatic carbocycles. The van der Waals surface area contributed by atoms with Gasteiger partial charge in [0.05, 0.1) is 0 Å². The van der Waals surface area contributed by atoms with Crippen LogP contribution in [0.3, 0.4) is 0 Å².